The third-order valence-corrected chi connectivity index (χ3v) is 2.14. The van der Waals surface area contributed by atoms with E-state index in [9.17, 15) is 9.18 Å². The van der Waals surface area contributed by atoms with Gasteiger partial charge in [0.2, 0.25) is 5.91 Å². The van der Waals surface area contributed by atoms with E-state index in [2.05, 4.69) is 5.32 Å². The third kappa shape index (κ3) is 4.23. The fraction of sp³-hybridized carbons (Fsp3) is 0.250. The smallest absolute Gasteiger partial charge is 0.224 e. The minimum absolute atomic E-state index is 0.113. The lowest BCUT2D eigenvalue weighted by Gasteiger charge is -2.06. The van der Waals surface area contributed by atoms with Gasteiger partial charge in [0.25, 0.3) is 0 Å². The average Bonchev–Trinajstić information content (AvgIpc) is 2.31. The Bertz CT molecular complexity index is 363. The summed E-state index contributed by atoms with van der Waals surface area (Å²) in [5.41, 5.74) is 6.57. The number of nitrogens with one attached hydrogen (secondary N) is 1. The molecule has 1 aromatic carbocycles. The second-order valence-electron chi connectivity index (χ2n) is 3.41. The van der Waals surface area contributed by atoms with Gasteiger partial charge in [-0.05, 0) is 11.1 Å². The zero-order valence-electron chi connectivity index (χ0n) is 8.95. The summed E-state index contributed by atoms with van der Waals surface area (Å²) < 4.78 is 12.1. The number of halogens is 1. The Morgan fingerprint density at radius 2 is 2.06 bits per heavy atom. The molecule has 0 saturated heterocycles. The summed E-state index contributed by atoms with van der Waals surface area (Å²) in [6, 6.07) is 9.37. The van der Waals surface area contributed by atoms with Crippen molar-refractivity contribution in [2.75, 3.05) is 13.1 Å². The molecule has 1 rings (SSSR count). The first-order valence-electron chi connectivity index (χ1n) is 5.05. The fourth-order valence-corrected chi connectivity index (χ4v) is 1.21. The number of rotatable bonds is 5. The summed E-state index contributed by atoms with van der Waals surface area (Å²) in [5.74, 6) is -0.140. The van der Waals surface area contributed by atoms with Gasteiger partial charge in [-0.25, -0.2) is 4.39 Å². The van der Waals surface area contributed by atoms with Crippen molar-refractivity contribution in [1.29, 1.82) is 0 Å². The van der Waals surface area contributed by atoms with E-state index in [0.29, 0.717) is 18.3 Å². The van der Waals surface area contributed by atoms with E-state index in [4.69, 9.17) is 5.73 Å². The van der Waals surface area contributed by atoms with Crippen molar-refractivity contribution in [3.8, 4) is 0 Å². The van der Waals surface area contributed by atoms with Gasteiger partial charge >= 0.3 is 0 Å². The lowest BCUT2D eigenvalue weighted by molar-refractivity contribution is -0.120. The first kappa shape index (κ1) is 12.4. The number of carbonyl (C=O) groups excluding carboxylic acids is 1. The Morgan fingerprint density at radius 1 is 1.38 bits per heavy atom. The molecule has 0 fully saturated rings. The van der Waals surface area contributed by atoms with Crippen molar-refractivity contribution in [3.05, 3.63) is 47.8 Å². The van der Waals surface area contributed by atoms with Gasteiger partial charge < -0.3 is 11.1 Å². The minimum atomic E-state index is -0.140. The Morgan fingerprint density at radius 3 is 2.62 bits per heavy atom. The second-order valence-corrected chi connectivity index (χ2v) is 3.41. The van der Waals surface area contributed by atoms with Gasteiger partial charge in [0.1, 0.15) is 0 Å². The lowest BCUT2D eigenvalue weighted by atomic mass is 10.1. The van der Waals surface area contributed by atoms with Crippen LogP contribution in [0.3, 0.4) is 0 Å². The van der Waals surface area contributed by atoms with Gasteiger partial charge in [0.15, 0.2) is 0 Å². The topological polar surface area (TPSA) is 55.1 Å². The van der Waals surface area contributed by atoms with Crippen LogP contribution in [0, 0.1) is 0 Å². The van der Waals surface area contributed by atoms with Gasteiger partial charge in [-0.15, -0.1) is 0 Å². The van der Waals surface area contributed by atoms with Crippen LogP contribution in [0.1, 0.15) is 5.56 Å². The van der Waals surface area contributed by atoms with Crippen molar-refractivity contribution >= 4 is 5.91 Å². The van der Waals surface area contributed by atoms with Crippen molar-refractivity contribution in [1.82, 2.24) is 5.32 Å². The number of nitrogens with two attached hydrogens (primary N) is 1. The Balaban J connectivity index is 2.37. The van der Waals surface area contributed by atoms with Crippen LogP contribution in [0.5, 0.6) is 0 Å². The normalized spacial score (nSPS) is 11.2. The predicted octanol–water partition coefficient (Wildman–Crippen LogP) is 1.16. The first-order chi connectivity index (χ1) is 7.76. The maximum atomic E-state index is 12.1. The van der Waals surface area contributed by atoms with Crippen LogP contribution >= 0.6 is 0 Å². The highest BCUT2D eigenvalue weighted by Gasteiger charge is 2.03. The maximum absolute atomic E-state index is 12.1. The molecule has 3 nitrogen and oxygen atoms in total. The van der Waals surface area contributed by atoms with Crippen LogP contribution < -0.4 is 11.1 Å². The van der Waals surface area contributed by atoms with E-state index < -0.39 is 0 Å². The molecule has 0 radical (unpaired) electrons. The van der Waals surface area contributed by atoms with Crippen molar-refractivity contribution in [2.24, 2.45) is 5.73 Å². The van der Waals surface area contributed by atoms with Crippen LogP contribution in [-0.2, 0) is 11.2 Å². The predicted molar refractivity (Wildman–Crippen MR) is 61.4 cm³/mol. The van der Waals surface area contributed by atoms with Crippen LogP contribution in [-0.4, -0.2) is 19.0 Å². The lowest BCUT2D eigenvalue weighted by Crippen LogP contribution is -2.28. The molecule has 86 valence electrons. The molecular weight excluding hydrogens is 207 g/mol. The van der Waals surface area contributed by atoms with Crippen LogP contribution in [0.25, 0.3) is 0 Å². The zero-order valence-corrected chi connectivity index (χ0v) is 8.95. The van der Waals surface area contributed by atoms with Crippen molar-refractivity contribution in [2.45, 2.75) is 6.42 Å². The molecular formula is C12H15FN2O. The van der Waals surface area contributed by atoms with E-state index in [0.717, 1.165) is 5.56 Å². The van der Waals surface area contributed by atoms with Gasteiger partial charge in [0, 0.05) is 13.1 Å². The minimum Gasteiger partial charge on any atom is -0.352 e. The number of hydrogen-bond acceptors (Lipinski definition) is 2. The first-order valence-corrected chi connectivity index (χ1v) is 5.05. The number of benzene rings is 1. The van der Waals surface area contributed by atoms with Crippen molar-refractivity contribution < 1.29 is 9.18 Å². The van der Waals surface area contributed by atoms with E-state index in [-0.39, 0.29) is 19.0 Å². The highest BCUT2D eigenvalue weighted by molar-refractivity contribution is 5.78. The van der Waals surface area contributed by atoms with E-state index >= 15 is 0 Å². The molecule has 0 aliphatic heterocycles. The Kier molecular flexibility index (Phi) is 5.22. The maximum Gasteiger partial charge on any atom is 0.224 e. The summed E-state index contributed by atoms with van der Waals surface area (Å²) in [6.45, 7) is 0.279. The third-order valence-electron chi connectivity index (χ3n) is 2.14. The largest absolute Gasteiger partial charge is 0.352 e. The molecule has 0 aliphatic carbocycles. The van der Waals surface area contributed by atoms with E-state index in [1.807, 2.05) is 30.3 Å². The molecule has 1 aromatic rings. The SMILES string of the molecule is NC/C(=C/F)CNC(=O)Cc1ccccc1. The number of hydrogen-bond donors (Lipinski definition) is 2. The van der Waals surface area contributed by atoms with Gasteiger partial charge in [-0.3, -0.25) is 4.79 Å². The molecule has 1 amide bonds. The quantitative estimate of drug-likeness (QED) is 0.785. The molecule has 0 atom stereocenters. The summed E-state index contributed by atoms with van der Waals surface area (Å²) in [4.78, 5) is 11.4. The summed E-state index contributed by atoms with van der Waals surface area (Å²) in [7, 11) is 0. The number of carbonyl (C=O) groups is 1. The van der Waals surface area contributed by atoms with Crippen molar-refractivity contribution in [3.63, 3.8) is 0 Å². The monoisotopic (exact) mass is 222 g/mol. The Labute approximate surface area is 94.1 Å². The Hall–Kier alpha value is -1.68. The highest BCUT2D eigenvalue weighted by atomic mass is 19.1. The summed E-state index contributed by atoms with van der Waals surface area (Å²) in [6.07, 6.45) is 0.730. The molecule has 0 bridgehead atoms. The average molecular weight is 222 g/mol. The van der Waals surface area contributed by atoms with Gasteiger partial charge in [-0.2, -0.15) is 0 Å². The molecule has 0 saturated carbocycles. The molecule has 0 aromatic heterocycles. The molecule has 3 N–H and O–H groups in total. The van der Waals surface area contributed by atoms with Crippen LogP contribution in [0.4, 0.5) is 4.39 Å². The van der Waals surface area contributed by atoms with E-state index in [1.165, 1.54) is 0 Å². The molecule has 0 heterocycles. The second kappa shape index (κ2) is 6.74. The van der Waals surface area contributed by atoms with E-state index in [1.54, 1.807) is 0 Å². The van der Waals surface area contributed by atoms with Gasteiger partial charge in [0.05, 0.1) is 12.8 Å². The fourth-order valence-electron chi connectivity index (χ4n) is 1.21. The molecule has 0 unspecified atom stereocenters. The molecule has 4 heteroatoms. The number of amides is 1. The van der Waals surface area contributed by atoms with Crippen LogP contribution in [0.15, 0.2) is 42.2 Å². The molecule has 0 aliphatic rings. The molecule has 0 spiro atoms. The summed E-state index contributed by atoms with van der Waals surface area (Å²) in [5, 5.41) is 2.61. The highest BCUT2D eigenvalue weighted by Crippen LogP contribution is 1.99. The standard InChI is InChI=1S/C12H15FN2O/c13-7-11(8-14)9-15-12(16)6-10-4-2-1-3-5-10/h1-5,7H,6,8-9,14H2,(H,15,16)/b11-7-. The zero-order chi connectivity index (χ0) is 11.8. The molecule has 16 heavy (non-hydrogen) atoms. The van der Waals surface area contributed by atoms with Crippen LogP contribution in [0.2, 0.25) is 0 Å². The van der Waals surface area contributed by atoms with Gasteiger partial charge in [-0.1, -0.05) is 30.3 Å². The summed E-state index contributed by atoms with van der Waals surface area (Å²) >= 11 is 0.